The summed E-state index contributed by atoms with van der Waals surface area (Å²) < 4.78 is 0. The largest absolute Gasteiger partial charge is 0.330 e. The fourth-order valence-electron chi connectivity index (χ4n) is 2.23. The Hall–Kier alpha value is -1.16. The molecule has 1 heterocycles. The van der Waals surface area contributed by atoms with E-state index in [1.807, 2.05) is 11.3 Å². The fourth-order valence-corrected chi connectivity index (χ4v) is 2.93. The van der Waals surface area contributed by atoms with Crippen LogP contribution in [0.5, 0.6) is 0 Å². The highest BCUT2D eigenvalue weighted by atomic mass is 32.1. The van der Waals surface area contributed by atoms with E-state index in [4.69, 9.17) is 5.73 Å². The Morgan fingerprint density at radius 1 is 1.20 bits per heavy atom. The van der Waals surface area contributed by atoms with E-state index in [2.05, 4.69) is 60.6 Å². The van der Waals surface area contributed by atoms with E-state index in [1.165, 1.54) is 16.0 Å². The molecule has 0 fully saturated rings. The minimum absolute atomic E-state index is 0.445. The maximum atomic E-state index is 5.70. The second kappa shape index (κ2) is 7.58. The predicted molar refractivity (Wildman–Crippen MR) is 88.3 cm³/mol. The Bertz CT molecular complexity index is 490. The molecule has 0 aliphatic carbocycles. The van der Waals surface area contributed by atoms with Gasteiger partial charge in [0, 0.05) is 18.0 Å². The van der Waals surface area contributed by atoms with Gasteiger partial charge in [-0.05, 0) is 48.5 Å². The van der Waals surface area contributed by atoms with Crippen molar-refractivity contribution < 1.29 is 0 Å². The zero-order valence-corrected chi connectivity index (χ0v) is 13.2. The smallest absolute Gasteiger partial charge is 0.0230 e. The number of hydrogen-bond donors (Lipinski definition) is 1. The van der Waals surface area contributed by atoms with Crippen molar-refractivity contribution in [2.24, 2.45) is 5.73 Å². The Morgan fingerprint density at radius 3 is 2.55 bits per heavy atom. The molecule has 108 valence electrons. The third kappa shape index (κ3) is 4.44. The van der Waals surface area contributed by atoms with E-state index < -0.39 is 0 Å². The Morgan fingerprint density at radius 2 is 1.95 bits per heavy atom. The van der Waals surface area contributed by atoms with Gasteiger partial charge in [0.25, 0.3) is 0 Å². The summed E-state index contributed by atoms with van der Waals surface area (Å²) in [6.07, 6.45) is 1.14. The molecule has 1 aromatic heterocycles. The molecule has 0 saturated heterocycles. The summed E-state index contributed by atoms with van der Waals surface area (Å²) in [6.45, 7) is 4.98. The molecule has 0 aliphatic heterocycles. The van der Waals surface area contributed by atoms with Gasteiger partial charge in [0.05, 0.1) is 0 Å². The van der Waals surface area contributed by atoms with Gasteiger partial charge in [-0.25, -0.2) is 0 Å². The lowest BCUT2D eigenvalue weighted by atomic mass is 10.00. The van der Waals surface area contributed by atoms with Crippen LogP contribution in [0.25, 0.3) is 0 Å². The standard InChI is InChI=1S/C17H24N2S/c1-14(12-18)16-7-5-15(6-8-16)13-19(2)10-9-17-4-3-11-20-17/h3-8,11,14H,9-10,12-13,18H2,1-2H3. The van der Waals surface area contributed by atoms with Crippen LogP contribution in [0.1, 0.15) is 28.8 Å². The molecule has 20 heavy (non-hydrogen) atoms. The average Bonchev–Trinajstić information content (AvgIpc) is 2.98. The molecular weight excluding hydrogens is 264 g/mol. The molecule has 0 radical (unpaired) electrons. The van der Waals surface area contributed by atoms with E-state index in [0.29, 0.717) is 12.5 Å². The first-order valence-corrected chi connectivity index (χ1v) is 8.07. The van der Waals surface area contributed by atoms with Crippen molar-refractivity contribution in [3.8, 4) is 0 Å². The maximum absolute atomic E-state index is 5.70. The molecular formula is C17H24N2S. The van der Waals surface area contributed by atoms with Gasteiger partial charge in [0.1, 0.15) is 0 Å². The fraction of sp³-hybridized carbons (Fsp3) is 0.412. The van der Waals surface area contributed by atoms with Crippen LogP contribution in [-0.4, -0.2) is 25.0 Å². The molecule has 0 bridgehead atoms. The molecule has 2 nitrogen and oxygen atoms in total. The molecule has 0 amide bonds. The van der Waals surface area contributed by atoms with Crippen molar-refractivity contribution in [2.45, 2.75) is 25.8 Å². The number of thiophene rings is 1. The minimum atomic E-state index is 0.445. The molecule has 1 aromatic carbocycles. The van der Waals surface area contributed by atoms with Crippen LogP contribution in [0, 0.1) is 0 Å². The highest BCUT2D eigenvalue weighted by molar-refractivity contribution is 7.09. The predicted octanol–water partition coefficient (Wildman–Crippen LogP) is 3.48. The SMILES string of the molecule is CC(CN)c1ccc(CN(C)CCc2cccs2)cc1. The lowest BCUT2D eigenvalue weighted by molar-refractivity contribution is 0.332. The number of likely N-dealkylation sites (N-methyl/N-ethyl adjacent to an activating group) is 1. The van der Waals surface area contributed by atoms with Crippen molar-refractivity contribution in [2.75, 3.05) is 20.1 Å². The first-order valence-electron chi connectivity index (χ1n) is 7.19. The highest BCUT2D eigenvalue weighted by Crippen LogP contribution is 2.15. The number of benzene rings is 1. The average molecular weight is 288 g/mol. The molecule has 0 spiro atoms. The van der Waals surface area contributed by atoms with Crippen molar-refractivity contribution in [1.82, 2.24) is 4.90 Å². The van der Waals surface area contributed by atoms with Gasteiger partial charge in [-0.1, -0.05) is 37.3 Å². The van der Waals surface area contributed by atoms with E-state index in [0.717, 1.165) is 19.5 Å². The molecule has 2 aromatic rings. The van der Waals surface area contributed by atoms with Gasteiger partial charge in [-0.15, -0.1) is 11.3 Å². The highest BCUT2D eigenvalue weighted by Gasteiger charge is 2.05. The third-order valence-electron chi connectivity index (χ3n) is 3.67. The number of nitrogens with two attached hydrogens (primary N) is 1. The second-order valence-corrected chi connectivity index (χ2v) is 6.48. The van der Waals surface area contributed by atoms with Crippen molar-refractivity contribution in [3.63, 3.8) is 0 Å². The Balaban J connectivity index is 1.83. The van der Waals surface area contributed by atoms with E-state index in [9.17, 15) is 0 Å². The first-order chi connectivity index (χ1) is 9.69. The molecule has 2 rings (SSSR count). The van der Waals surface area contributed by atoms with Crippen molar-refractivity contribution in [1.29, 1.82) is 0 Å². The first kappa shape index (κ1) is 15.2. The Labute approximate surface area is 126 Å². The van der Waals surface area contributed by atoms with Crippen LogP contribution in [0.4, 0.5) is 0 Å². The van der Waals surface area contributed by atoms with E-state index in [-0.39, 0.29) is 0 Å². The number of rotatable bonds is 7. The summed E-state index contributed by atoms with van der Waals surface area (Å²) in [5.74, 6) is 0.445. The van der Waals surface area contributed by atoms with Gasteiger partial charge >= 0.3 is 0 Å². The van der Waals surface area contributed by atoms with Crippen molar-refractivity contribution in [3.05, 3.63) is 57.8 Å². The lowest BCUT2D eigenvalue weighted by Gasteiger charge is -2.17. The van der Waals surface area contributed by atoms with Gasteiger partial charge in [-0.3, -0.25) is 0 Å². The summed E-state index contributed by atoms with van der Waals surface area (Å²) in [4.78, 5) is 3.84. The van der Waals surface area contributed by atoms with Crippen LogP contribution < -0.4 is 5.73 Å². The molecule has 2 N–H and O–H groups in total. The Kier molecular flexibility index (Phi) is 5.77. The van der Waals surface area contributed by atoms with Crippen molar-refractivity contribution >= 4 is 11.3 Å². The van der Waals surface area contributed by atoms with Crippen LogP contribution >= 0.6 is 11.3 Å². The molecule has 3 heteroatoms. The topological polar surface area (TPSA) is 29.3 Å². The van der Waals surface area contributed by atoms with E-state index >= 15 is 0 Å². The molecule has 0 saturated carbocycles. The van der Waals surface area contributed by atoms with Gasteiger partial charge in [0.15, 0.2) is 0 Å². The summed E-state index contributed by atoms with van der Waals surface area (Å²) in [6, 6.07) is 13.2. The van der Waals surface area contributed by atoms with Gasteiger partial charge < -0.3 is 10.6 Å². The van der Waals surface area contributed by atoms with Crippen LogP contribution in [0.2, 0.25) is 0 Å². The summed E-state index contributed by atoms with van der Waals surface area (Å²) in [5.41, 5.74) is 8.40. The van der Waals surface area contributed by atoms with E-state index in [1.54, 1.807) is 0 Å². The normalized spacial score (nSPS) is 12.8. The molecule has 0 aliphatic rings. The minimum Gasteiger partial charge on any atom is -0.330 e. The quantitative estimate of drug-likeness (QED) is 0.845. The maximum Gasteiger partial charge on any atom is 0.0230 e. The van der Waals surface area contributed by atoms with Crippen LogP contribution in [-0.2, 0) is 13.0 Å². The van der Waals surface area contributed by atoms with Gasteiger partial charge in [0.2, 0.25) is 0 Å². The zero-order valence-electron chi connectivity index (χ0n) is 12.4. The number of hydrogen-bond acceptors (Lipinski definition) is 3. The number of nitrogens with zero attached hydrogens (tertiary/aromatic N) is 1. The second-order valence-electron chi connectivity index (χ2n) is 5.45. The monoisotopic (exact) mass is 288 g/mol. The summed E-state index contributed by atoms with van der Waals surface area (Å²) >= 11 is 1.84. The zero-order chi connectivity index (χ0) is 14.4. The van der Waals surface area contributed by atoms with Crippen LogP contribution in [0.3, 0.4) is 0 Å². The summed E-state index contributed by atoms with van der Waals surface area (Å²) in [5, 5.41) is 2.15. The lowest BCUT2D eigenvalue weighted by Crippen LogP contribution is -2.20. The molecule has 1 unspecified atom stereocenters. The summed E-state index contributed by atoms with van der Waals surface area (Å²) in [7, 11) is 2.18. The van der Waals surface area contributed by atoms with Crippen LogP contribution in [0.15, 0.2) is 41.8 Å². The molecule has 1 atom stereocenters. The van der Waals surface area contributed by atoms with Gasteiger partial charge in [-0.2, -0.15) is 0 Å². The third-order valence-corrected chi connectivity index (χ3v) is 4.61.